The van der Waals surface area contributed by atoms with E-state index < -0.39 is 85.3 Å². The molecule has 2 aliphatic heterocycles. The summed E-state index contributed by atoms with van der Waals surface area (Å²) < 4.78 is 48.7. The second-order valence-electron chi connectivity index (χ2n) is 9.15. The summed E-state index contributed by atoms with van der Waals surface area (Å²) in [6.45, 7) is 5.19. The Bertz CT molecular complexity index is 1180. The van der Waals surface area contributed by atoms with Crippen LogP contribution in [0.4, 0.5) is 0 Å². The fourth-order valence-electron chi connectivity index (χ4n) is 4.39. The van der Waals surface area contributed by atoms with Crippen LogP contribution in [0.1, 0.15) is 41.0 Å². The van der Waals surface area contributed by atoms with Crippen molar-refractivity contribution in [2.24, 2.45) is 5.92 Å². The summed E-state index contributed by atoms with van der Waals surface area (Å²) in [7, 11) is 1.15. The lowest BCUT2D eigenvalue weighted by Crippen LogP contribution is -2.63. The van der Waals surface area contributed by atoms with Crippen LogP contribution in [0.5, 0.6) is 0 Å². The van der Waals surface area contributed by atoms with Gasteiger partial charge in [-0.15, -0.1) is 6.42 Å². The van der Waals surface area contributed by atoms with Crippen molar-refractivity contribution >= 4 is 35.8 Å². The number of hydrogen-bond acceptors (Lipinski definition) is 15. The van der Waals surface area contributed by atoms with Crippen LogP contribution >= 0.6 is 0 Å². The van der Waals surface area contributed by atoms with Crippen LogP contribution < -0.4 is 0 Å². The smallest absolute Gasteiger partial charge is 0.337 e. The molecule has 1 fully saturated rings. The van der Waals surface area contributed by atoms with Crippen LogP contribution in [0.15, 0.2) is 23.5 Å². The number of esters is 6. The van der Waals surface area contributed by atoms with Crippen LogP contribution in [0.3, 0.4) is 0 Å². The van der Waals surface area contributed by atoms with E-state index in [1.165, 1.54) is 6.08 Å². The molecule has 236 valence electrons. The highest BCUT2D eigenvalue weighted by molar-refractivity contribution is 5.90. The Morgan fingerprint density at radius 2 is 1.51 bits per heavy atom. The molecule has 0 aromatic rings. The van der Waals surface area contributed by atoms with Crippen LogP contribution in [-0.4, -0.2) is 93.1 Å². The Morgan fingerprint density at radius 1 is 0.907 bits per heavy atom. The minimum atomic E-state index is -1.59. The van der Waals surface area contributed by atoms with Gasteiger partial charge in [0.05, 0.1) is 25.4 Å². The summed E-state index contributed by atoms with van der Waals surface area (Å²) in [5, 5.41) is 0. The van der Waals surface area contributed by atoms with Crippen LogP contribution in [0.25, 0.3) is 0 Å². The second kappa shape index (κ2) is 16.3. The van der Waals surface area contributed by atoms with Crippen molar-refractivity contribution in [2.45, 2.75) is 78.0 Å². The third kappa shape index (κ3) is 9.83. The van der Waals surface area contributed by atoms with Gasteiger partial charge >= 0.3 is 35.8 Å². The number of terminal acetylenes is 1. The standard InChI is InChI=1S/C28H34O15/c1-8-10-36-22(33)11-19-18(9-2)27(38-12-20(19)26(34)35-7)43-28-25(41-17(6)32)24(40-16(5)31)23(39-15(4)30)21(42-28)13-37-14(3)29/h1,9,12,19,21,23-25,27-28H,10-11,13H2,2-7H3/b18-9+/t19-,21+,23+,24-,25+,27-,28-/m0/s1. The lowest BCUT2D eigenvalue weighted by molar-refractivity contribution is -0.331. The van der Waals surface area contributed by atoms with E-state index in [4.69, 9.17) is 49.1 Å². The van der Waals surface area contributed by atoms with Gasteiger partial charge in [-0.05, 0) is 6.92 Å². The van der Waals surface area contributed by atoms with Gasteiger partial charge in [0.1, 0.15) is 12.7 Å². The number of rotatable bonds is 11. The Balaban J connectivity index is 2.54. The molecular formula is C28H34O15. The summed E-state index contributed by atoms with van der Waals surface area (Å²) >= 11 is 0. The van der Waals surface area contributed by atoms with Crippen molar-refractivity contribution in [3.63, 3.8) is 0 Å². The van der Waals surface area contributed by atoms with E-state index in [2.05, 4.69) is 5.92 Å². The lowest BCUT2D eigenvalue weighted by Gasteiger charge is -2.45. The van der Waals surface area contributed by atoms with Crippen molar-refractivity contribution in [1.29, 1.82) is 0 Å². The fraction of sp³-hybridized carbons (Fsp3) is 0.571. The molecule has 0 unspecified atom stereocenters. The predicted molar refractivity (Wildman–Crippen MR) is 140 cm³/mol. The highest BCUT2D eigenvalue weighted by atomic mass is 16.8. The van der Waals surface area contributed by atoms with Gasteiger partial charge < -0.3 is 42.6 Å². The average molecular weight is 611 g/mol. The van der Waals surface area contributed by atoms with Gasteiger partial charge in [0.15, 0.2) is 24.9 Å². The van der Waals surface area contributed by atoms with Crippen molar-refractivity contribution in [1.82, 2.24) is 0 Å². The SMILES string of the molecule is C#CCOC(=O)C[C@@H]1C(C(=O)OC)=CO[C@@H](O[C@@H]2O[C@H](COC(C)=O)[C@@H](OC(C)=O)[C@H](OC(C)=O)[C@H]2OC(C)=O)/C1=C/C. The minimum Gasteiger partial charge on any atom is -0.468 e. The Morgan fingerprint density at radius 3 is 2.05 bits per heavy atom. The molecule has 0 saturated carbocycles. The Hall–Kier alpha value is -4.42. The van der Waals surface area contributed by atoms with E-state index in [1.54, 1.807) is 6.92 Å². The number of ether oxygens (including phenoxy) is 9. The molecule has 7 atom stereocenters. The monoisotopic (exact) mass is 610 g/mol. The first kappa shape index (κ1) is 34.8. The van der Waals surface area contributed by atoms with E-state index in [-0.39, 0.29) is 24.2 Å². The molecule has 0 aromatic carbocycles. The maximum atomic E-state index is 12.5. The van der Waals surface area contributed by atoms with Gasteiger partial charge in [-0.1, -0.05) is 12.0 Å². The lowest BCUT2D eigenvalue weighted by atomic mass is 9.86. The van der Waals surface area contributed by atoms with Crippen LogP contribution in [0, 0.1) is 18.3 Å². The summed E-state index contributed by atoms with van der Waals surface area (Å²) in [6, 6.07) is 0. The zero-order valence-corrected chi connectivity index (χ0v) is 24.5. The van der Waals surface area contributed by atoms with Crippen LogP contribution in [-0.2, 0) is 71.4 Å². The van der Waals surface area contributed by atoms with Gasteiger partial charge in [-0.3, -0.25) is 24.0 Å². The molecule has 0 spiro atoms. The minimum absolute atomic E-state index is 0.0327. The summed E-state index contributed by atoms with van der Waals surface area (Å²) in [5.74, 6) is -3.47. The van der Waals surface area contributed by atoms with Gasteiger partial charge in [-0.2, -0.15) is 0 Å². The first-order valence-corrected chi connectivity index (χ1v) is 13.0. The highest BCUT2D eigenvalue weighted by Gasteiger charge is 2.54. The molecular weight excluding hydrogens is 576 g/mol. The third-order valence-corrected chi connectivity index (χ3v) is 6.02. The molecule has 43 heavy (non-hydrogen) atoms. The topological polar surface area (TPSA) is 185 Å². The zero-order valence-electron chi connectivity index (χ0n) is 24.5. The molecule has 0 bridgehead atoms. The first-order valence-electron chi connectivity index (χ1n) is 13.0. The number of allylic oxidation sites excluding steroid dienone is 1. The number of hydrogen-bond donors (Lipinski definition) is 0. The third-order valence-electron chi connectivity index (χ3n) is 6.02. The van der Waals surface area contributed by atoms with Gasteiger partial charge in [0.25, 0.3) is 0 Å². The second-order valence-corrected chi connectivity index (χ2v) is 9.15. The van der Waals surface area contributed by atoms with E-state index >= 15 is 0 Å². The van der Waals surface area contributed by atoms with Crippen molar-refractivity contribution < 1.29 is 71.4 Å². The molecule has 0 N–H and O–H groups in total. The van der Waals surface area contributed by atoms with Crippen LogP contribution in [0.2, 0.25) is 0 Å². The molecule has 0 amide bonds. The van der Waals surface area contributed by atoms with Crippen molar-refractivity contribution in [3.05, 3.63) is 23.5 Å². The number of carbonyl (C=O) groups is 6. The first-order chi connectivity index (χ1) is 20.3. The molecule has 2 aliphatic rings. The van der Waals surface area contributed by atoms with Crippen molar-refractivity contribution in [2.75, 3.05) is 20.3 Å². The van der Waals surface area contributed by atoms with Crippen molar-refractivity contribution in [3.8, 4) is 12.3 Å². The highest BCUT2D eigenvalue weighted by Crippen LogP contribution is 2.37. The van der Waals surface area contributed by atoms with Gasteiger partial charge in [0.2, 0.25) is 12.6 Å². The summed E-state index contributed by atoms with van der Waals surface area (Å²) in [4.78, 5) is 72.7. The van der Waals surface area contributed by atoms with Gasteiger partial charge in [0, 0.05) is 39.2 Å². The zero-order chi connectivity index (χ0) is 32.3. The Kier molecular flexibility index (Phi) is 13.2. The normalized spacial score (nSPS) is 27.3. The van der Waals surface area contributed by atoms with E-state index in [9.17, 15) is 28.8 Å². The average Bonchev–Trinajstić information content (AvgIpc) is 2.93. The molecule has 0 aliphatic carbocycles. The Labute approximate surface area is 247 Å². The molecule has 15 nitrogen and oxygen atoms in total. The molecule has 2 heterocycles. The molecule has 0 radical (unpaired) electrons. The number of carbonyl (C=O) groups excluding carboxylic acids is 6. The van der Waals surface area contributed by atoms with E-state index in [0.29, 0.717) is 0 Å². The fourth-order valence-corrected chi connectivity index (χ4v) is 4.39. The maximum Gasteiger partial charge on any atom is 0.337 e. The summed E-state index contributed by atoms with van der Waals surface area (Å²) in [5.41, 5.74) is 0.211. The largest absolute Gasteiger partial charge is 0.468 e. The quantitative estimate of drug-likeness (QED) is 0.137. The molecule has 2 rings (SSSR count). The maximum absolute atomic E-state index is 12.5. The molecule has 15 heteroatoms. The molecule has 0 aromatic heterocycles. The summed E-state index contributed by atoms with van der Waals surface area (Å²) in [6.07, 6.45) is -1.31. The van der Waals surface area contributed by atoms with E-state index in [1.807, 2.05) is 0 Å². The molecule has 1 saturated heterocycles. The van der Waals surface area contributed by atoms with Gasteiger partial charge in [-0.25, -0.2) is 4.79 Å². The predicted octanol–water partition coefficient (Wildman–Crippen LogP) is 0.628. The number of methoxy groups -OCH3 is 1. The van der Waals surface area contributed by atoms with E-state index in [0.717, 1.165) is 41.1 Å².